The van der Waals surface area contributed by atoms with E-state index in [1.807, 2.05) is 19.1 Å². The number of carbonyl (C=O) groups excluding carboxylic acids is 1. The average molecular weight is 298 g/mol. The lowest BCUT2D eigenvalue weighted by atomic mass is 9.77. The van der Waals surface area contributed by atoms with E-state index in [2.05, 4.69) is 30.8 Å². The molecule has 0 bridgehead atoms. The van der Waals surface area contributed by atoms with E-state index in [-0.39, 0.29) is 12.1 Å². The lowest BCUT2D eigenvalue weighted by molar-refractivity contribution is -0.139. The molecule has 0 amide bonds. The van der Waals surface area contributed by atoms with E-state index in [1.165, 1.54) is 5.56 Å². The molecule has 0 N–H and O–H groups in total. The van der Waals surface area contributed by atoms with Crippen LogP contribution in [0.1, 0.15) is 37.7 Å². The molecule has 1 aliphatic carbocycles. The van der Waals surface area contributed by atoms with Crippen molar-refractivity contribution in [2.75, 3.05) is 6.61 Å². The zero-order valence-electron chi connectivity index (χ0n) is 13.0. The quantitative estimate of drug-likeness (QED) is 0.623. The molecule has 1 aromatic carbocycles. The Balaban J connectivity index is 1.91. The Labute approximate surface area is 131 Å². The highest BCUT2D eigenvalue weighted by Gasteiger charge is 2.40. The summed E-state index contributed by atoms with van der Waals surface area (Å²) in [6.45, 7) is 6.04. The minimum absolute atomic E-state index is 0.0129. The third kappa shape index (κ3) is 2.80. The van der Waals surface area contributed by atoms with Crippen LogP contribution in [0.4, 0.5) is 0 Å². The lowest BCUT2D eigenvalue weighted by Crippen LogP contribution is -2.21. The molecule has 0 aromatic heterocycles. The summed E-state index contributed by atoms with van der Waals surface area (Å²) in [6, 6.07) is 10.4. The fourth-order valence-electron chi connectivity index (χ4n) is 3.52. The summed E-state index contributed by atoms with van der Waals surface area (Å²) in [4.78, 5) is 12.3. The molecule has 3 atom stereocenters. The van der Waals surface area contributed by atoms with Gasteiger partial charge in [0.25, 0.3) is 0 Å². The fraction of sp³-hybridized carbons (Fsp3) is 0.421. The van der Waals surface area contributed by atoms with Crippen LogP contribution in [-0.4, -0.2) is 18.7 Å². The van der Waals surface area contributed by atoms with E-state index in [0.29, 0.717) is 24.9 Å². The van der Waals surface area contributed by atoms with Gasteiger partial charge in [-0.15, -0.1) is 0 Å². The smallest absolute Gasteiger partial charge is 0.337 e. The highest BCUT2D eigenvalue weighted by Crippen LogP contribution is 2.46. The van der Waals surface area contributed by atoms with Crippen LogP contribution in [0.15, 0.2) is 54.3 Å². The molecule has 3 heteroatoms. The second-order valence-corrected chi connectivity index (χ2v) is 5.94. The van der Waals surface area contributed by atoms with Gasteiger partial charge in [-0.1, -0.05) is 43.0 Å². The van der Waals surface area contributed by atoms with Crippen molar-refractivity contribution >= 4 is 5.97 Å². The molecule has 0 spiro atoms. The Kier molecular flexibility index (Phi) is 4.32. The maximum absolute atomic E-state index is 12.3. The number of esters is 1. The number of ether oxygens (including phenoxy) is 2. The molecule has 1 aromatic rings. The molecule has 0 saturated carbocycles. The predicted octanol–water partition coefficient (Wildman–Crippen LogP) is 3.97. The number of carbonyl (C=O) groups is 1. The van der Waals surface area contributed by atoms with Gasteiger partial charge in [0.1, 0.15) is 11.9 Å². The highest BCUT2D eigenvalue weighted by molar-refractivity contribution is 5.89. The molecule has 1 aliphatic heterocycles. The van der Waals surface area contributed by atoms with E-state index >= 15 is 0 Å². The molecule has 1 saturated heterocycles. The van der Waals surface area contributed by atoms with Crippen LogP contribution in [0.25, 0.3) is 0 Å². The molecular formula is C19H22O3. The summed E-state index contributed by atoms with van der Waals surface area (Å²) in [6.07, 6.45) is 4.46. The summed E-state index contributed by atoms with van der Waals surface area (Å²) in [7, 11) is 0. The number of fused-ring (bicyclic) bond motifs is 1. The minimum Gasteiger partial charge on any atom is -0.490 e. The fourth-order valence-corrected chi connectivity index (χ4v) is 3.52. The molecule has 3 nitrogen and oxygen atoms in total. The van der Waals surface area contributed by atoms with Gasteiger partial charge in [0, 0.05) is 5.92 Å². The first-order valence-corrected chi connectivity index (χ1v) is 7.97. The number of hydrogen-bond acceptors (Lipinski definition) is 3. The van der Waals surface area contributed by atoms with E-state index in [4.69, 9.17) is 9.47 Å². The van der Waals surface area contributed by atoms with Gasteiger partial charge in [-0.05, 0) is 37.7 Å². The summed E-state index contributed by atoms with van der Waals surface area (Å²) >= 11 is 0. The van der Waals surface area contributed by atoms with Crippen molar-refractivity contribution in [1.82, 2.24) is 0 Å². The van der Waals surface area contributed by atoms with Crippen LogP contribution in [0.5, 0.6) is 0 Å². The molecule has 0 unspecified atom stereocenters. The average Bonchev–Trinajstić information content (AvgIpc) is 2.98. The Morgan fingerprint density at radius 1 is 1.32 bits per heavy atom. The number of rotatable bonds is 4. The van der Waals surface area contributed by atoms with Crippen LogP contribution in [0.2, 0.25) is 0 Å². The van der Waals surface area contributed by atoms with Gasteiger partial charge in [0.2, 0.25) is 0 Å². The largest absolute Gasteiger partial charge is 0.490 e. The van der Waals surface area contributed by atoms with Gasteiger partial charge in [-0.2, -0.15) is 0 Å². The number of allylic oxidation sites excluding steroid dienone is 1. The Morgan fingerprint density at radius 3 is 2.77 bits per heavy atom. The molecule has 22 heavy (non-hydrogen) atoms. The topological polar surface area (TPSA) is 35.5 Å². The van der Waals surface area contributed by atoms with E-state index in [0.717, 1.165) is 24.2 Å². The molecule has 3 rings (SSSR count). The standard InChI is InChI=1S/C19H22O3/c1-3-16-11-15-10-14(13-8-6-5-7-9-13)12-17(18(15)22-16)19(20)21-4-2/h3,5-9,14-16H,1,4,10-12H2,2H3/t14-,15+,16-/m0/s1. The van der Waals surface area contributed by atoms with Crippen LogP contribution in [-0.2, 0) is 14.3 Å². The molecule has 1 fully saturated rings. The van der Waals surface area contributed by atoms with Gasteiger partial charge >= 0.3 is 5.97 Å². The second kappa shape index (κ2) is 6.39. The van der Waals surface area contributed by atoms with Gasteiger partial charge in [0.15, 0.2) is 0 Å². The SMILES string of the molecule is C=C[C@H]1C[C@H]2C[C@H](c3ccccc3)CC(C(=O)OCC)=C2O1. The number of hydrogen-bond donors (Lipinski definition) is 0. The highest BCUT2D eigenvalue weighted by atomic mass is 16.5. The Morgan fingerprint density at radius 2 is 2.09 bits per heavy atom. The molecule has 116 valence electrons. The van der Waals surface area contributed by atoms with Gasteiger partial charge in [0.05, 0.1) is 12.2 Å². The Bertz CT molecular complexity index is 588. The monoisotopic (exact) mass is 298 g/mol. The summed E-state index contributed by atoms with van der Waals surface area (Å²) in [5.41, 5.74) is 2.00. The first-order chi connectivity index (χ1) is 10.7. The van der Waals surface area contributed by atoms with Crippen LogP contribution >= 0.6 is 0 Å². The zero-order chi connectivity index (χ0) is 15.5. The predicted molar refractivity (Wildman–Crippen MR) is 85.3 cm³/mol. The van der Waals surface area contributed by atoms with Crippen molar-refractivity contribution < 1.29 is 14.3 Å². The summed E-state index contributed by atoms with van der Waals surface area (Å²) in [5, 5.41) is 0. The minimum atomic E-state index is -0.229. The summed E-state index contributed by atoms with van der Waals surface area (Å²) in [5.74, 6) is 1.26. The maximum atomic E-state index is 12.3. The third-order valence-electron chi connectivity index (χ3n) is 4.54. The maximum Gasteiger partial charge on any atom is 0.337 e. The van der Waals surface area contributed by atoms with Crippen LogP contribution in [0, 0.1) is 5.92 Å². The summed E-state index contributed by atoms with van der Waals surface area (Å²) < 4.78 is 11.2. The van der Waals surface area contributed by atoms with Crippen molar-refractivity contribution in [3.05, 3.63) is 59.9 Å². The van der Waals surface area contributed by atoms with Crippen molar-refractivity contribution in [3.8, 4) is 0 Å². The van der Waals surface area contributed by atoms with Crippen molar-refractivity contribution in [2.24, 2.45) is 5.92 Å². The molecular weight excluding hydrogens is 276 g/mol. The van der Waals surface area contributed by atoms with Crippen molar-refractivity contribution in [1.29, 1.82) is 0 Å². The van der Waals surface area contributed by atoms with Crippen LogP contribution in [0.3, 0.4) is 0 Å². The molecule has 1 heterocycles. The first-order valence-electron chi connectivity index (χ1n) is 7.97. The Hall–Kier alpha value is -2.03. The number of benzene rings is 1. The van der Waals surface area contributed by atoms with E-state index in [9.17, 15) is 4.79 Å². The van der Waals surface area contributed by atoms with Crippen molar-refractivity contribution in [2.45, 2.75) is 38.2 Å². The van der Waals surface area contributed by atoms with E-state index in [1.54, 1.807) is 0 Å². The van der Waals surface area contributed by atoms with Gasteiger partial charge < -0.3 is 9.47 Å². The second-order valence-electron chi connectivity index (χ2n) is 5.94. The first kappa shape index (κ1) is 14.9. The third-order valence-corrected chi connectivity index (χ3v) is 4.54. The van der Waals surface area contributed by atoms with Crippen LogP contribution < -0.4 is 0 Å². The van der Waals surface area contributed by atoms with Gasteiger partial charge in [-0.3, -0.25) is 0 Å². The molecule has 0 radical (unpaired) electrons. The van der Waals surface area contributed by atoms with Gasteiger partial charge in [-0.25, -0.2) is 4.79 Å². The normalized spacial score (nSPS) is 27.0. The zero-order valence-corrected chi connectivity index (χ0v) is 13.0. The van der Waals surface area contributed by atoms with E-state index < -0.39 is 0 Å². The lowest BCUT2D eigenvalue weighted by Gasteiger charge is -2.28. The molecule has 2 aliphatic rings. The van der Waals surface area contributed by atoms with Crippen molar-refractivity contribution in [3.63, 3.8) is 0 Å².